The molecule has 3 aromatic rings. The number of amidine groups is 1. The molecule has 2 amide bonds. The van der Waals surface area contributed by atoms with Gasteiger partial charge in [-0.1, -0.05) is 24.3 Å². The van der Waals surface area contributed by atoms with Crippen LogP contribution in [-0.4, -0.2) is 31.9 Å². The number of hydrogen-bond donors (Lipinski definition) is 2. The molecule has 12 heteroatoms. The van der Waals surface area contributed by atoms with Gasteiger partial charge in [-0.2, -0.15) is 8.42 Å². The van der Waals surface area contributed by atoms with Gasteiger partial charge in [0, 0.05) is 0 Å². The quantitative estimate of drug-likeness (QED) is 0.464. The number of amides is 2. The van der Waals surface area contributed by atoms with E-state index in [-0.39, 0.29) is 18.3 Å². The molecule has 2 aliphatic rings. The number of benzene rings is 3. The Bertz CT molecular complexity index is 1520. The van der Waals surface area contributed by atoms with Gasteiger partial charge < -0.3 is 10.1 Å². The Kier molecular flexibility index (Phi) is 6.68. The molecule has 5 rings (SSSR count). The molecule has 0 unspecified atom stereocenters. The van der Waals surface area contributed by atoms with Crippen molar-refractivity contribution < 1.29 is 27.1 Å². The monoisotopic (exact) mass is 538 g/mol. The van der Waals surface area contributed by atoms with E-state index in [1.807, 2.05) is 16.9 Å². The predicted octanol–water partition coefficient (Wildman–Crippen LogP) is 3.48. The topological polar surface area (TPSA) is 117 Å². The van der Waals surface area contributed by atoms with Crippen LogP contribution in [0.25, 0.3) is 6.08 Å². The van der Waals surface area contributed by atoms with E-state index in [1.165, 1.54) is 36.0 Å². The van der Waals surface area contributed by atoms with Crippen LogP contribution in [0.3, 0.4) is 0 Å². The average molecular weight is 539 g/mol. The van der Waals surface area contributed by atoms with Gasteiger partial charge in [-0.25, -0.2) is 18.4 Å². The molecule has 188 valence electrons. The summed E-state index contributed by atoms with van der Waals surface area (Å²) in [6.45, 7) is 0.0280. The van der Waals surface area contributed by atoms with E-state index in [2.05, 4.69) is 10.3 Å². The van der Waals surface area contributed by atoms with Crippen molar-refractivity contribution in [2.75, 3.05) is 10.8 Å². The lowest BCUT2D eigenvalue weighted by Crippen LogP contribution is -2.29. The molecule has 0 saturated carbocycles. The number of carbonyl (C=O) groups excluding carboxylic acids is 2. The zero-order chi connectivity index (χ0) is 26.0. The van der Waals surface area contributed by atoms with Crippen LogP contribution < -0.4 is 19.1 Å². The Hall–Kier alpha value is -4.16. The highest BCUT2D eigenvalue weighted by molar-refractivity contribution is 8.18. The second-order valence-electron chi connectivity index (χ2n) is 8.02. The second-order valence-corrected chi connectivity index (χ2v) is 10.6. The van der Waals surface area contributed by atoms with Gasteiger partial charge in [0.05, 0.1) is 16.3 Å². The van der Waals surface area contributed by atoms with Gasteiger partial charge in [0.2, 0.25) is 0 Å². The van der Waals surface area contributed by atoms with Crippen LogP contribution in [0.5, 0.6) is 5.75 Å². The highest BCUT2D eigenvalue weighted by Crippen LogP contribution is 2.30. The molecule has 2 aliphatic heterocycles. The van der Waals surface area contributed by atoms with Crippen molar-refractivity contribution >= 4 is 56.4 Å². The Balaban J connectivity index is 1.22. The molecule has 0 spiro atoms. The predicted molar refractivity (Wildman–Crippen MR) is 139 cm³/mol. The third-order valence-electron chi connectivity index (χ3n) is 5.34. The Morgan fingerprint density at radius 2 is 1.70 bits per heavy atom. The van der Waals surface area contributed by atoms with Gasteiger partial charge in [-0.05, 0) is 77.5 Å². The largest absolute Gasteiger partial charge is 0.489 e. The molecular weight excluding hydrogens is 519 g/mol. The number of nitrogens with one attached hydrogen (secondary N) is 2. The van der Waals surface area contributed by atoms with Gasteiger partial charge in [0.1, 0.15) is 24.7 Å². The number of rotatable bonds is 6. The van der Waals surface area contributed by atoms with Crippen LogP contribution >= 0.6 is 11.8 Å². The van der Waals surface area contributed by atoms with Crippen molar-refractivity contribution in [3.05, 3.63) is 94.6 Å². The molecule has 37 heavy (non-hydrogen) atoms. The molecule has 0 bridgehead atoms. The maximum Gasteiger partial charge on any atom is 0.326 e. The highest BCUT2D eigenvalue weighted by atomic mass is 32.2. The number of ether oxygens (including phenoxy) is 1. The third kappa shape index (κ3) is 5.81. The summed E-state index contributed by atoms with van der Waals surface area (Å²) in [4.78, 5) is 28.7. The second kappa shape index (κ2) is 10.1. The molecule has 2 N–H and O–H groups in total. The molecule has 3 aromatic carbocycles. The first-order valence-corrected chi connectivity index (χ1v) is 13.2. The zero-order valence-electron chi connectivity index (χ0n) is 19.0. The zero-order valence-corrected chi connectivity index (χ0v) is 20.7. The van der Waals surface area contributed by atoms with E-state index in [9.17, 15) is 22.4 Å². The van der Waals surface area contributed by atoms with Crippen LogP contribution in [0.2, 0.25) is 0 Å². The van der Waals surface area contributed by atoms with Crippen LogP contribution in [0, 0.1) is 5.82 Å². The fraction of sp³-hybridized carbons (Fsp3) is 0.0800. The first kappa shape index (κ1) is 24.5. The van der Waals surface area contributed by atoms with Gasteiger partial charge in [0.15, 0.2) is 5.17 Å². The van der Waals surface area contributed by atoms with E-state index < -0.39 is 16.1 Å². The van der Waals surface area contributed by atoms with Crippen molar-refractivity contribution in [1.29, 1.82) is 0 Å². The van der Waals surface area contributed by atoms with Crippen molar-refractivity contribution in [2.45, 2.75) is 6.61 Å². The number of nitrogens with zero attached hydrogens (tertiary/aromatic N) is 2. The summed E-state index contributed by atoms with van der Waals surface area (Å²) in [5, 5.41) is 3.09. The molecule has 0 atom stereocenters. The van der Waals surface area contributed by atoms with E-state index in [4.69, 9.17) is 4.74 Å². The molecule has 9 nitrogen and oxygen atoms in total. The number of carbonyl (C=O) groups is 2. The molecule has 0 aromatic heterocycles. The van der Waals surface area contributed by atoms with Gasteiger partial charge in [0.25, 0.3) is 11.8 Å². The van der Waals surface area contributed by atoms with Crippen LogP contribution in [0.15, 0.2) is 82.7 Å². The lowest BCUT2D eigenvalue weighted by Gasteiger charge is -2.14. The van der Waals surface area contributed by atoms with Crippen molar-refractivity contribution in [3.63, 3.8) is 0 Å². The lowest BCUT2D eigenvalue weighted by atomic mass is 10.2. The minimum absolute atomic E-state index is 0.280. The Labute approximate surface area is 216 Å². The lowest BCUT2D eigenvalue weighted by molar-refractivity contribution is -0.117. The van der Waals surface area contributed by atoms with E-state index in [0.717, 1.165) is 15.4 Å². The summed E-state index contributed by atoms with van der Waals surface area (Å²) in [6, 6.07) is 19.6. The first-order valence-electron chi connectivity index (χ1n) is 11.0. The summed E-state index contributed by atoms with van der Waals surface area (Å²) in [7, 11) is -3.88. The summed E-state index contributed by atoms with van der Waals surface area (Å²) >= 11 is 1.18. The average Bonchev–Trinajstić information content (AvgIpc) is 3.36. The third-order valence-corrected chi connectivity index (χ3v) is 7.65. The SMILES string of the molecule is O=C1CN(c2ccc(N=C3NC(=O)/C(=C/c4ccc(OCc5ccc(F)cc5)cc4)S3)cc2)S(=O)(=O)N1. The van der Waals surface area contributed by atoms with Gasteiger partial charge >= 0.3 is 10.2 Å². The standard InChI is InChI=1S/C25H19FN4O5S2/c26-18-5-1-17(2-6-18)15-35-21-11-3-16(4-12-21)13-22-24(32)28-25(36-22)27-19-7-9-20(10-8-19)30-14-23(31)29-37(30,33)34/h1-13H,14-15H2,(H,29,31)(H,27,28,32)/b22-13-. The fourth-order valence-corrected chi connectivity index (χ4v) is 5.52. The number of hydrogen-bond acceptors (Lipinski definition) is 7. The normalized spacial score (nSPS) is 18.8. The van der Waals surface area contributed by atoms with Crippen molar-refractivity contribution in [1.82, 2.24) is 10.0 Å². The van der Waals surface area contributed by atoms with E-state index in [1.54, 1.807) is 42.5 Å². The van der Waals surface area contributed by atoms with Gasteiger partial charge in [-0.15, -0.1) is 0 Å². The van der Waals surface area contributed by atoms with Crippen LogP contribution in [-0.2, 0) is 26.4 Å². The number of thioether (sulfide) groups is 1. The molecule has 0 radical (unpaired) electrons. The first-order chi connectivity index (χ1) is 17.7. The fourth-order valence-electron chi connectivity index (χ4n) is 3.53. The maximum absolute atomic E-state index is 13.0. The van der Waals surface area contributed by atoms with Crippen LogP contribution in [0.1, 0.15) is 11.1 Å². The van der Waals surface area contributed by atoms with E-state index >= 15 is 0 Å². The van der Waals surface area contributed by atoms with Gasteiger partial charge in [-0.3, -0.25) is 9.59 Å². The van der Waals surface area contributed by atoms with Crippen molar-refractivity contribution in [3.8, 4) is 5.75 Å². The summed E-state index contributed by atoms with van der Waals surface area (Å²) in [5.74, 6) is -0.541. The molecule has 2 fully saturated rings. The summed E-state index contributed by atoms with van der Waals surface area (Å²) in [5.41, 5.74) is 2.48. The smallest absolute Gasteiger partial charge is 0.326 e. The number of anilines is 1. The molecular formula is C25H19FN4O5S2. The maximum atomic E-state index is 13.0. The molecule has 2 heterocycles. The Morgan fingerprint density at radius 3 is 2.35 bits per heavy atom. The minimum Gasteiger partial charge on any atom is -0.489 e. The van der Waals surface area contributed by atoms with E-state index in [0.29, 0.717) is 33.8 Å². The highest BCUT2D eigenvalue weighted by Gasteiger charge is 2.33. The van der Waals surface area contributed by atoms with Crippen LogP contribution in [0.4, 0.5) is 15.8 Å². The summed E-state index contributed by atoms with van der Waals surface area (Å²) < 4.78 is 45.6. The minimum atomic E-state index is -3.88. The molecule has 2 saturated heterocycles. The Morgan fingerprint density at radius 1 is 1.00 bits per heavy atom. The molecule has 0 aliphatic carbocycles. The summed E-state index contributed by atoms with van der Waals surface area (Å²) in [6.07, 6.45) is 1.73. The number of halogens is 1. The van der Waals surface area contributed by atoms with Crippen molar-refractivity contribution in [2.24, 2.45) is 4.99 Å². The number of aliphatic imine (C=N–C) groups is 1.